The van der Waals surface area contributed by atoms with Gasteiger partial charge in [-0.15, -0.1) is 0 Å². The molecule has 1 atom stereocenters. The summed E-state index contributed by atoms with van der Waals surface area (Å²) in [5.41, 5.74) is -1.40. The minimum Gasteiger partial charge on any atom is -0.490 e. The minimum atomic E-state index is -1.27. The quantitative estimate of drug-likeness (QED) is 0.608. The van der Waals surface area contributed by atoms with Gasteiger partial charge in [-0.1, -0.05) is 0 Å². The second kappa shape index (κ2) is 5.98. The molecular weight excluding hydrogens is 320 g/mol. The Bertz CT molecular complexity index is 508. The number of nitrogens with one attached hydrogen (secondary N) is 1. The summed E-state index contributed by atoms with van der Waals surface area (Å²) in [5, 5.41) is 22.3. The topological polar surface area (TPSA) is 102 Å². The van der Waals surface area contributed by atoms with Gasteiger partial charge in [0.1, 0.15) is 17.9 Å². The van der Waals surface area contributed by atoms with Crippen LogP contribution in [0.2, 0.25) is 0 Å². The van der Waals surface area contributed by atoms with Crippen molar-refractivity contribution in [2.24, 2.45) is 0 Å². The predicted molar refractivity (Wildman–Crippen MR) is 71.4 cm³/mol. The van der Waals surface area contributed by atoms with E-state index in [1.807, 2.05) is 0 Å². The van der Waals surface area contributed by atoms with Gasteiger partial charge in [0.15, 0.2) is 0 Å². The first-order valence-corrected chi connectivity index (χ1v) is 6.08. The van der Waals surface area contributed by atoms with Crippen LogP contribution in [0.3, 0.4) is 0 Å². The summed E-state index contributed by atoms with van der Waals surface area (Å²) in [4.78, 5) is 21.2. The van der Waals surface area contributed by atoms with E-state index in [4.69, 9.17) is 9.84 Å². The smallest absolute Gasteiger partial charge is 0.327 e. The van der Waals surface area contributed by atoms with Crippen LogP contribution in [0, 0.1) is 10.1 Å². The van der Waals surface area contributed by atoms with Crippen LogP contribution < -0.4 is 10.1 Å². The molecule has 0 heterocycles. The van der Waals surface area contributed by atoms with Gasteiger partial charge in [-0.3, -0.25) is 14.9 Å². The maximum atomic E-state index is 11.1. The lowest BCUT2D eigenvalue weighted by atomic mass is 10.1. The summed E-state index contributed by atoms with van der Waals surface area (Å²) in [5.74, 6) is -0.853. The van der Waals surface area contributed by atoms with E-state index < -0.39 is 16.4 Å². The van der Waals surface area contributed by atoms with Gasteiger partial charge in [-0.2, -0.15) is 0 Å². The van der Waals surface area contributed by atoms with Crippen molar-refractivity contribution in [3.63, 3.8) is 0 Å². The van der Waals surface area contributed by atoms with Gasteiger partial charge in [-0.25, -0.2) is 0 Å². The van der Waals surface area contributed by atoms with Crippen molar-refractivity contribution in [3.05, 3.63) is 32.8 Å². The molecule has 0 bridgehead atoms. The molecule has 0 spiro atoms. The number of hydrogen-bond acceptors (Lipinski definition) is 5. The molecule has 0 aromatic heterocycles. The average molecular weight is 333 g/mol. The van der Waals surface area contributed by atoms with Crippen LogP contribution in [0.4, 0.5) is 5.69 Å². The molecule has 0 fully saturated rings. The van der Waals surface area contributed by atoms with Crippen molar-refractivity contribution in [2.45, 2.75) is 12.5 Å². The fourth-order valence-electron chi connectivity index (χ4n) is 1.18. The Balaban J connectivity index is 2.91. The van der Waals surface area contributed by atoms with Crippen LogP contribution in [-0.2, 0) is 4.79 Å². The molecule has 0 aliphatic carbocycles. The van der Waals surface area contributed by atoms with Crippen LogP contribution in [0.1, 0.15) is 6.92 Å². The van der Waals surface area contributed by atoms with E-state index in [0.29, 0.717) is 4.47 Å². The predicted octanol–water partition coefficient (Wildman–Crippen LogP) is 1.80. The zero-order valence-corrected chi connectivity index (χ0v) is 11.9. The van der Waals surface area contributed by atoms with Gasteiger partial charge in [0.05, 0.1) is 15.5 Å². The van der Waals surface area contributed by atoms with Gasteiger partial charge >= 0.3 is 5.97 Å². The number of benzene rings is 1. The van der Waals surface area contributed by atoms with E-state index in [-0.39, 0.29) is 18.0 Å². The van der Waals surface area contributed by atoms with Crippen molar-refractivity contribution < 1.29 is 19.6 Å². The number of carbonyl (C=O) groups is 1. The zero-order chi connectivity index (χ0) is 14.6. The molecule has 104 valence electrons. The van der Waals surface area contributed by atoms with Crippen molar-refractivity contribution in [2.75, 3.05) is 13.7 Å². The Kier molecular flexibility index (Phi) is 4.84. The second-order valence-electron chi connectivity index (χ2n) is 4.05. The number of nitrogens with zero attached hydrogens (tertiary/aromatic N) is 1. The number of carboxylic acids is 1. The number of nitro groups is 1. The number of halogens is 1. The molecular formula is C11H13BrN2O5. The van der Waals surface area contributed by atoms with E-state index in [9.17, 15) is 14.9 Å². The first-order chi connectivity index (χ1) is 8.80. The highest BCUT2D eigenvalue weighted by atomic mass is 79.9. The van der Waals surface area contributed by atoms with Gasteiger partial charge in [-0.05, 0) is 36.0 Å². The summed E-state index contributed by atoms with van der Waals surface area (Å²) >= 11 is 3.19. The van der Waals surface area contributed by atoms with Gasteiger partial charge in [0.2, 0.25) is 0 Å². The third-order valence-electron chi connectivity index (χ3n) is 2.67. The monoisotopic (exact) mass is 332 g/mol. The van der Waals surface area contributed by atoms with Crippen LogP contribution in [0.15, 0.2) is 22.7 Å². The van der Waals surface area contributed by atoms with E-state index in [0.717, 1.165) is 0 Å². The third-order valence-corrected chi connectivity index (χ3v) is 3.32. The largest absolute Gasteiger partial charge is 0.490 e. The molecule has 2 N–H and O–H groups in total. The Morgan fingerprint density at radius 3 is 2.74 bits per heavy atom. The molecule has 8 heteroatoms. The number of likely N-dealkylation sites (N-methyl/N-ethyl adjacent to an activating group) is 1. The fraction of sp³-hybridized carbons (Fsp3) is 0.364. The summed E-state index contributed by atoms with van der Waals surface area (Å²) in [6.45, 7) is 1.29. The Hall–Kier alpha value is -1.67. The zero-order valence-electron chi connectivity index (χ0n) is 10.3. The van der Waals surface area contributed by atoms with Crippen LogP contribution in [-0.4, -0.2) is 35.2 Å². The van der Waals surface area contributed by atoms with Crippen LogP contribution >= 0.6 is 15.9 Å². The first-order valence-electron chi connectivity index (χ1n) is 5.29. The minimum absolute atomic E-state index is 0.125. The Morgan fingerprint density at radius 2 is 2.26 bits per heavy atom. The van der Waals surface area contributed by atoms with Crippen molar-refractivity contribution in [1.82, 2.24) is 5.32 Å². The lowest BCUT2D eigenvalue weighted by Gasteiger charge is -2.24. The molecule has 19 heavy (non-hydrogen) atoms. The fourth-order valence-corrected chi connectivity index (χ4v) is 1.54. The molecule has 0 aliphatic heterocycles. The van der Waals surface area contributed by atoms with Crippen molar-refractivity contribution in [1.29, 1.82) is 0 Å². The van der Waals surface area contributed by atoms with Crippen LogP contribution in [0.25, 0.3) is 0 Å². The maximum absolute atomic E-state index is 11.1. The number of rotatable bonds is 6. The number of aliphatic carboxylic acids is 1. The van der Waals surface area contributed by atoms with Crippen molar-refractivity contribution >= 4 is 27.6 Å². The summed E-state index contributed by atoms with van der Waals surface area (Å²) in [6, 6.07) is 4.04. The van der Waals surface area contributed by atoms with Crippen LogP contribution in [0.5, 0.6) is 5.75 Å². The number of hydrogen-bond donors (Lipinski definition) is 2. The molecule has 0 saturated carbocycles. The highest BCUT2D eigenvalue weighted by Crippen LogP contribution is 2.29. The molecule has 0 amide bonds. The molecule has 7 nitrogen and oxygen atoms in total. The Labute approximate surface area is 117 Å². The number of nitro benzene ring substituents is 1. The number of ether oxygens (including phenoxy) is 1. The van der Waals surface area contributed by atoms with Crippen molar-refractivity contribution in [3.8, 4) is 5.75 Å². The molecule has 1 rings (SSSR count). The maximum Gasteiger partial charge on any atom is 0.327 e. The molecule has 0 saturated heterocycles. The lowest BCUT2D eigenvalue weighted by Crippen LogP contribution is -2.52. The molecule has 0 radical (unpaired) electrons. The van der Waals surface area contributed by atoms with Gasteiger partial charge in [0.25, 0.3) is 5.69 Å². The second-order valence-corrected chi connectivity index (χ2v) is 4.90. The van der Waals surface area contributed by atoms with E-state index in [1.165, 1.54) is 32.2 Å². The molecule has 1 aromatic carbocycles. The average Bonchev–Trinajstić information content (AvgIpc) is 2.36. The Morgan fingerprint density at radius 1 is 1.63 bits per heavy atom. The normalized spacial score (nSPS) is 13.6. The molecule has 1 aromatic rings. The van der Waals surface area contributed by atoms with E-state index in [1.54, 1.807) is 0 Å². The SMILES string of the molecule is CNC(C)(COc1cc([N+](=O)[O-])ccc1Br)C(=O)O. The summed E-state index contributed by atoms with van der Waals surface area (Å²) in [6.07, 6.45) is 0. The van der Waals surface area contributed by atoms with E-state index in [2.05, 4.69) is 21.2 Å². The summed E-state index contributed by atoms with van der Waals surface area (Å²) < 4.78 is 5.87. The lowest BCUT2D eigenvalue weighted by molar-refractivity contribution is -0.385. The third kappa shape index (κ3) is 3.65. The highest BCUT2D eigenvalue weighted by molar-refractivity contribution is 9.10. The molecule has 1 unspecified atom stereocenters. The number of non-ortho nitro benzene ring substituents is 1. The first kappa shape index (κ1) is 15.4. The molecule has 0 aliphatic rings. The van der Waals surface area contributed by atoms with Gasteiger partial charge < -0.3 is 15.2 Å². The highest BCUT2D eigenvalue weighted by Gasteiger charge is 2.32. The van der Waals surface area contributed by atoms with Gasteiger partial charge in [0, 0.05) is 6.07 Å². The number of carboxylic acid groups (broad SMARTS) is 1. The summed E-state index contributed by atoms with van der Waals surface area (Å²) in [7, 11) is 1.50. The van der Waals surface area contributed by atoms with E-state index >= 15 is 0 Å². The standard InChI is InChI=1S/C11H13BrN2O5/c1-11(13-2,10(15)16)6-19-9-5-7(14(17)18)3-4-8(9)12/h3-5,13H,6H2,1-2H3,(H,15,16).